The summed E-state index contributed by atoms with van der Waals surface area (Å²) in [7, 11) is 6.55. The number of nitrogens with zero attached hydrogens (tertiary/aromatic N) is 2. The first-order valence-corrected chi connectivity index (χ1v) is 7.20. The van der Waals surface area contributed by atoms with Crippen molar-refractivity contribution >= 4 is 11.7 Å². The first-order valence-electron chi connectivity index (χ1n) is 7.20. The maximum absolute atomic E-state index is 12.1. The van der Waals surface area contributed by atoms with Crippen molar-refractivity contribution in [1.82, 2.24) is 9.78 Å². The Morgan fingerprint density at radius 1 is 1.09 bits per heavy atom. The van der Waals surface area contributed by atoms with E-state index in [9.17, 15) is 4.79 Å². The van der Waals surface area contributed by atoms with Crippen molar-refractivity contribution in [2.24, 2.45) is 7.05 Å². The standard InChI is InChI=1S/C16H19N3O4/c1-19-16-11(8-17-19)9(6-15(20)18-16)10-5-13(22-3)14(23-4)7-12(10)21-2/h5,7-9H,6H2,1-4H3,(H,18,20)/t9-/m1/s1. The molecule has 1 N–H and O–H groups in total. The van der Waals surface area contributed by atoms with Gasteiger partial charge >= 0.3 is 0 Å². The Balaban J connectivity index is 2.16. The van der Waals surface area contributed by atoms with Crippen LogP contribution in [0.2, 0.25) is 0 Å². The summed E-state index contributed by atoms with van der Waals surface area (Å²) in [5, 5.41) is 7.11. The number of rotatable bonds is 4. The predicted molar refractivity (Wildman–Crippen MR) is 84.4 cm³/mol. The van der Waals surface area contributed by atoms with E-state index in [0.29, 0.717) is 29.5 Å². The Morgan fingerprint density at radius 3 is 2.39 bits per heavy atom. The van der Waals surface area contributed by atoms with Gasteiger partial charge in [0.1, 0.15) is 11.6 Å². The second-order valence-electron chi connectivity index (χ2n) is 5.33. The number of anilines is 1. The van der Waals surface area contributed by atoms with E-state index >= 15 is 0 Å². The second-order valence-corrected chi connectivity index (χ2v) is 5.33. The molecule has 3 rings (SSSR count). The quantitative estimate of drug-likeness (QED) is 0.932. The summed E-state index contributed by atoms with van der Waals surface area (Å²) >= 11 is 0. The number of aromatic nitrogens is 2. The van der Waals surface area contributed by atoms with Gasteiger partial charge in [0.2, 0.25) is 5.91 Å². The maximum atomic E-state index is 12.1. The van der Waals surface area contributed by atoms with Gasteiger partial charge < -0.3 is 19.5 Å². The van der Waals surface area contributed by atoms with Gasteiger partial charge in [0, 0.05) is 36.6 Å². The van der Waals surface area contributed by atoms with E-state index in [0.717, 1.165) is 11.1 Å². The molecule has 1 aromatic heterocycles. The first-order chi connectivity index (χ1) is 11.1. The summed E-state index contributed by atoms with van der Waals surface area (Å²) in [5.41, 5.74) is 1.83. The van der Waals surface area contributed by atoms with Gasteiger partial charge in [-0.05, 0) is 6.07 Å². The minimum atomic E-state index is -0.151. The molecule has 1 atom stereocenters. The highest BCUT2D eigenvalue weighted by Gasteiger charge is 2.32. The highest BCUT2D eigenvalue weighted by Crippen LogP contribution is 2.44. The number of carbonyl (C=O) groups excluding carboxylic acids is 1. The molecule has 0 radical (unpaired) electrons. The molecule has 7 nitrogen and oxygen atoms in total. The third-order valence-electron chi connectivity index (χ3n) is 4.10. The van der Waals surface area contributed by atoms with Crippen LogP contribution in [0.4, 0.5) is 5.82 Å². The summed E-state index contributed by atoms with van der Waals surface area (Å²) in [6.45, 7) is 0. The van der Waals surface area contributed by atoms with E-state index in [4.69, 9.17) is 14.2 Å². The molecule has 0 spiro atoms. The molecule has 0 unspecified atom stereocenters. The second kappa shape index (κ2) is 5.83. The van der Waals surface area contributed by atoms with Gasteiger partial charge in [-0.15, -0.1) is 0 Å². The van der Waals surface area contributed by atoms with Crippen molar-refractivity contribution < 1.29 is 19.0 Å². The van der Waals surface area contributed by atoms with Gasteiger partial charge in [-0.2, -0.15) is 5.10 Å². The lowest BCUT2D eigenvalue weighted by molar-refractivity contribution is -0.116. The molecule has 1 amide bonds. The topological polar surface area (TPSA) is 74.6 Å². The number of nitrogens with one attached hydrogen (secondary N) is 1. The SMILES string of the molecule is COc1cc(OC)c([C@H]2CC(=O)Nc3c2cnn3C)cc1OC. The van der Waals surface area contributed by atoms with Gasteiger partial charge in [-0.3, -0.25) is 9.48 Å². The zero-order chi connectivity index (χ0) is 16.6. The van der Waals surface area contributed by atoms with Crippen LogP contribution < -0.4 is 19.5 Å². The molecule has 2 aromatic rings. The lowest BCUT2D eigenvalue weighted by atomic mass is 9.86. The third kappa shape index (κ3) is 2.48. The molecule has 1 aromatic carbocycles. The lowest BCUT2D eigenvalue weighted by Crippen LogP contribution is -2.24. The molecule has 1 aliphatic heterocycles. The number of amides is 1. The summed E-state index contributed by atoms with van der Waals surface area (Å²) in [6.07, 6.45) is 2.10. The van der Waals surface area contributed by atoms with Crippen LogP contribution in [0.3, 0.4) is 0 Å². The number of methoxy groups -OCH3 is 3. The number of ether oxygens (including phenoxy) is 3. The van der Waals surface area contributed by atoms with Crippen molar-refractivity contribution in [1.29, 1.82) is 0 Å². The smallest absolute Gasteiger partial charge is 0.226 e. The van der Waals surface area contributed by atoms with Gasteiger partial charge in [-0.1, -0.05) is 0 Å². The van der Waals surface area contributed by atoms with Gasteiger partial charge in [0.25, 0.3) is 0 Å². The maximum Gasteiger partial charge on any atom is 0.226 e. The van der Waals surface area contributed by atoms with Crippen molar-refractivity contribution in [2.45, 2.75) is 12.3 Å². The lowest BCUT2D eigenvalue weighted by Gasteiger charge is -2.25. The minimum Gasteiger partial charge on any atom is -0.496 e. The Morgan fingerprint density at radius 2 is 1.74 bits per heavy atom. The molecule has 0 aliphatic carbocycles. The van der Waals surface area contributed by atoms with E-state index in [1.165, 1.54) is 0 Å². The van der Waals surface area contributed by atoms with Crippen LogP contribution in [-0.4, -0.2) is 37.0 Å². The van der Waals surface area contributed by atoms with Crippen molar-refractivity contribution in [3.8, 4) is 17.2 Å². The van der Waals surface area contributed by atoms with Gasteiger partial charge in [0.05, 0.1) is 27.5 Å². The summed E-state index contributed by atoms with van der Waals surface area (Å²) in [5.74, 6) is 2.34. The molecule has 2 heterocycles. The molecular formula is C16H19N3O4. The molecular weight excluding hydrogens is 298 g/mol. The van der Waals surface area contributed by atoms with Crippen LogP contribution in [0.5, 0.6) is 17.2 Å². The number of hydrogen-bond acceptors (Lipinski definition) is 5. The van der Waals surface area contributed by atoms with E-state index in [1.54, 1.807) is 45.3 Å². The summed E-state index contributed by atoms with van der Waals surface area (Å²) < 4.78 is 17.9. The number of aryl methyl sites for hydroxylation is 1. The van der Waals surface area contributed by atoms with E-state index in [1.807, 2.05) is 6.07 Å². The van der Waals surface area contributed by atoms with Crippen LogP contribution in [0.1, 0.15) is 23.5 Å². The van der Waals surface area contributed by atoms with E-state index < -0.39 is 0 Å². The largest absolute Gasteiger partial charge is 0.496 e. The highest BCUT2D eigenvalue weighted by atomic mass is 16.5. The summed E-state index contributed by atoms with van der Waals surface area (Å²) in [6, 6.07) is 3.63. The Bertz CT molecular complexity index is 754. The number of hydrogen-bond donors (Lipinski definition) is 1. The van der Waals surface area contributed by atoms with Gasteiger partial charge in [-0.25, -0.2) is 0 Å². The first kappa shape index (κ1) is 15.2. The average molecular weight is 317 g/mol. The van der Waals surface area contributed by atoms with Crippen molar-refractivity contribution in [3.63, 3.8) is 0 Å². The van der Waals surface area contributed by atoms with E-state index in [-0.39, 0.29) is 11.8 Å². The summed E-state index contributed by atoms with van der Waals surface area (Å²) in [4.78, 5) is 12.1. The third-order valence-corrected chi connectivity index (χ3v) is 4.10. The van der Waals surface area contributed by atoms with Crippen LogP contribution in [0, 0.1) is 0 Å². The van der Waals surface area contributed by atoms with Crippen molar-refractivity contribution in [2.75, 3.05) is 26.6 Å². The minimum absolute atomic E-state index is 0.0528. The molecule has 0 bridgehead atoms. The monoisotopic (exact) mass is 317 g/mol. The molecule has 1 aliphatic rings. The predicted octanol–water partition coefficient (Wildman–Crippen LogP) is 1.92. The molecule has 0 saturated carbocycles. The highest BCUT2D eigenvalue weighted by molar-refractivity contribution is 5.94. The average Bonchev–Trinajstić information content (AvgIpc) is 2.94. The fourth-order valence-electron chi connectivity index (χ4n) is 2.94. The number of benzene rings is 1. The Kier molecular flexibility index (Phi) is 3.85. The molecule has 0 saturated heterocycles. The number of fused-ring (bicyclic) bond motifs is 1. The van der Waals surface area contributed by atoms with Crippen LogP contribution in [-0.2, 0) is 11.8 Å². The fraction of sp³-hybridized carbons (Fsp3) is 0.375. The van der Waals surface area contributed by atoms with Crippen LogP contribution in [0.25, 0.3) is 0 Å². The zero-order valence-electron chi connectivity index (χ0n) is 13.5. The molecule has 122 valence electrons. The van der Waals surface area contributed by atoms with Crippen LogP contribution in [0.15, 0.2) is 18.3 Å². The normalized spacial score (nSPS) is 16.5. The molecule has 23 heavy (non-hydrogen) atoms. The van der Waals surface area contributed by atoms with Crippen molar-refractivity contribution in [3.05, 3.63) is 29.5 Å². The molecule has 7 heteroatoms. The zero-order valence-corrected chi connectivity index (χ0v) is 13.5. The fourth-order valence-corrected chi connectivity index (χ4v) is 2.94. The number of carbonyl (C=O) groups is 1. The molecule has 0 fully saturated rings. The van der Waals surface area contributed by atoms with Crippen LogP contribution >= 0.6 is 0 Å². The Hall–Kier alpha value is -2.70. The Labute approximate surface area is 134 Å². The van der Waals surface area contributed by atoms with Gasteiger partial charge in [0.15, 0.2) is 11.5 Å². The van der Waals surface area contributed by atoms with E-state index in [2.05, 4.69) is 10.4 Å².